The van der Waals surface area contributed by atoms with Gasteiger partial charge in [0, 0.05) is 32.5 Å². The zero-order chi connectivity index (χ0) is 26.5. The van der Waals surface area contributed by atoms with Gasteiger partial charge in [-0.15, -0.1) is 0 Å². The molecule has 0 radical (unpaired) electrons. The molecule has 2 aliphatic rings. The van der Waals surface area contributed by atoms with Gasteiger partial charge in [0.05, 0.1) is 30.6 Å². The first-order valence-corrected chi connectivity index (χ1v) is 12.9. The molecule has 1 saturated heterocycles. The van der Waals surface area contributed by atoms with Crippen LogP contribution in [-0.2, 0) is 25.5 Å². The Morgan fingerprint density at radius 1 is 1.31 bits per heavy atom. The molecule has 4 unspecified atom stereocenters. The smallest absolute Gasteiger partial charge is 0.226 e. The van der Waals surface area contributed by atoms with Crippen LogP contribution < -0.4 is 15.0 Å². The molecule has 0 aliphatic carbocycles. The molecule has 2 bridgehead atoms. The van der Waals surface area contributed by atoms with E-state index in [9.17, 15) is 9.59 Å². The lowest BCUT2D eigenvalue weighted by Gasteiger charge is -2.26. The van der Waals surface area contributed by atoms with Gasteiger partial charge in [-0.3, -0.25) is 9.59 Å². The molecule has 3 rings (SSSR count). The molecule has 1 fully saturated rings. The number of anilines is 1. The molecule has 36 heavy (non-hydrogen) atoms. The monoisotopic (exact) mass is 518 g/mol. The van der Waals surface area contributed by atoms with Gasteiger partial charge in [-0.25, -0.2) is 0 Å². The standard InChI is InChI=1S/C28H39ClN2O5/c1-18-9-7-8-10-21(30-17-32)16-23(34-5)19(2)27-28(3,36-27)12-11-25(33)31(4)22-14-20(13-18)15-24(35-6)26(22)29/h7-9,14-15,17,19,21,23,27H,10-13,16H2,1-6H3,(H,30,32)/b8-7+,18-9+/t19-,21?,23?,27?,28?/m1/s1. The fraction of sp³-hybridized carbons (Fsp3) is 0.571. The van der Waals surface area contributed by atoms with E-state index in [1.165, 1.54) is 0 Å². The highest BCUT2D eigenvalue weighted by atomic mass is 35.5. The Balaban J connectivity index is 1.93. The van der Waals surface area contributed by atoms with Gasteiger partial charge in [0.2, 0.25) is 12.3 Å². The van der Waals surface area contributed by atoms with E-state index < -0.39 is 5.60 Å². The minimum atomic E-state index is -0.395. The molecule has 0 saturated carbocycles. The molecule has 1 aromatic rings. The topological polar surface area (TPSA) is 80.4 Å². The van der Waals surface area contributed by atoms with Crippen LogP contribution in [-0.4, -0.2) is 57.4 Å². The molecule has 2 amide bonds. The van der Waals surface area contributed by atoms with E-state index in [0.717, 1.165) is 17.5 Å². The Hall–Kier alpha value is -2.35. The van der Waals surface area contributed by atoms with Crippen LogP contribution in [0.1, 0.15) is 52.0 Å². The van der Waals surface area contributed by atoms with Crippen LogP contribution >= 0.6 is 11.6 Å². The van der Waals surface area contributed by atoms with Gasteiger partial charge in [0.15, 0.2) is 0 Å². The van der Waals surface area contributed by atoms with E-state index in [1.807, 2.05) is 25.1 Å². The fourth-order valence-corrected chi connectivity index (χ4v) is 5.41. The van der Waals surface area contributed by atoms with Crippen LogP contribution in [0.3, 0.4) is 0 Å². The Labute approximate surface area is 219 Å². The van der Waals surface area contributed by atoms with Crippen molar-refractivity contribution in [3.8, 4) is 5.75 Å². The molecule has 0 aromatic heterocycles. The Morgan fingerprint density at radius 3 is 2.72 bits per heavy atom. The van der Waals surface area contributed by atoms with E-state index in [0.29, 0.717) is 48.6 Å². The third-order valence-electron chi connectivity index (χ3n) is 7.42. The summed E-state index contributed by atoms with van der Waals surface area (Å²) in [5, 5.41) is 3.35. The van der Waals surface area contributed by atoms with Crippen molar-refractivity contribution in [2.24, 2.45) is 5.92 Å². The normalized spacial score (nSPS) is 32.1. The predicted octanol–water partition coefficient (Wildman–Crippen LogP) is 4.85. The molecule has 0 spiro atoms. The van der Waals surface area contributed by atoms with Crippen molar-refractivity contribution in [2.45, 2.75) is 76.7 Å². The fourth-order valence-electron chi connectivity index (χ4n) is 5.10. The number of methoxy groups -OCH3 is 2. The van der Waals surface area contributed by atoms with Crippen LogP contribution in [0.25, 0.3) is 0 Å². The van der Waals surface area contributed by atoms with E-state index in [2.05, 4.69) is 31.3 Å². The zero-order valence-corrected chi connectivity index (χ0v) is 22.9. The largest absolute Gasteiger partial charge is 0.495 e. The first kappa shape index (κ1) is 28.2. The lowest BCUT2D eigenvalue weighted by Crippen LogP contribution is -2.37. The molecular weight excluding hydrogens is 480 g/mol. The molecule has 1 aromatic carbocycles. The third kappa shape index (κ3) is 6.69. The minimum absolute atomic E-state index is 0.0207. The summed E-state index contributed by atoms with van der Waals surface area (Å²) in [6.45, 7) is 6.21. The summed E-state index contributed by atoms with van der Waals surface area (Å²) in [4.78, 5) is 26.0. The number of ether oxygens (including phenoxy) is 3. The highest BCUT2D eigenvalue weighted by molar-refractivity contribution is 6.35. The summed E-state index contributed by atoms with van der Waals surface area (Å²) < 4.78 is 17.4. The summed E-state index contributed by atoms with van der Waals surface area (Å²) >= 11 is 6.61. The third-order valence-corrected chi connectivity index (χ3v) is 7.80. The van der Waals surface area contributed by atoms with Gasteiger partial charge in [-0.1, -0.05) is 42.3 Å². The van der Waals surface area contributed by atoms with Gasteiger partial charge in [-0.05, 0) is 57.2 Å². The van der Waals surface area contributed by atoms with Gasteiger partial charge in [-0.2, -0.15) is 0 Å². The molecule has 2 heterocycles. The number of fused-ring (bicyclic) bond motifs is 3. The van der Waals surface area contributed by atoms with Crippen molar-refractivity contribution in [1.29, 1.82) is 0 Å². The van der Waals surface area contributed by atoms with Crippen molar-refractivity contribution in [1.82, 2.24) is 5.32 Å². The number of hydrogen-bond donors (Lipinski definition) is 1. The van der Waals surface area contributed by atoms with Gasteiger partial charge in [0.25, 0.3) is 0 Å². The first-order chi connectivity index (χ1) is 17.1. The molecule has 198 valence electrons. The molecule has 1 N–H and O–H groups in total. The second kappa shape index (κ2) is 12.3. The van der Waals surface area contributed by atoms with Crippen molar-refractivity contribution < 1.29 is 23.8 Å². The molecule has 2 aliphatic heterocycles. The van der Waals surface area contributed by atoms with Crippen LogP contribution in [0.4, 0.5) is 5.69 Å². The number of amides is 2. The molecular formula is C28H39ClN2O5. The van der Waals surface area contributed by atoms with Gasteiger partial charge in [0.1, 0.15) is 10.8 Å². The number of carbonyl (C=O) groups excluding carboxylic acids is 2. The molecule has 7 nitrogen and oxygen atoms in total. The zero-order valence-electron chi connectivity index (χ0n) is 22.2. The number of halogens is 1. The van der Waals surface area contributed by atoms with Crippen LogP contribution in [0.15, 0.2) is 35.9 Å². The van der Waals surface area contributed by atoms with Crippen molar-refractivity contribution in [2.75, 3.05) is 26.2 Å². The number of rotatable bonds is 4. The number of carbonyl (C=O) groups is 2. The second-order valence-corrected chi connectivity index (χ2v) is 10.5. The summed E-state index contributed by atoms with van der Waals surface area (Å²) in [6.07, 6.45) is 9.74. The summed E-state index contributed by atoms with van der Waals surface area (Å²) in [7, 11) is 5.02. The van der Waals surface area contributed by atoms with Crippen molar-refractivity contribution in [3.63, 3.8) is 0 Å². The van der Waals surface area contributed by atoms with Crippen LogP contribution in [0, 0.1) is 5.92 Å². The highest BCUT2D eigenvalue weighted by Crippen LogP contribution is 2.47. The predicted molar refractivity (Wildman–Crippen MR) is 143 cm³/mol. The number of benzene rings is 1. The summed E-state index contributed by atoms with van der Waals surface area (Å²) in [6, 6.07) is 3.81. The maximum absolute atomic E-state index is 13.2. The summed E-state index contributed by atoms with van der Waals surface area (Å²) in [5.74, 6) is 0.607. The second-order valence-electron chi connectivity index (χ2n) is 10.1. The quantitative estimate of drug-likeness (QED) is 0.455. The SMILES string of the molecule is COc1cc2cc(c1Cl)N(C)C(=O)CCC1(C)OC1[C@H](C)C(OC)CC(NC=O)C/C=C/C=C(\C)C2. The van der Waals surface area contributed by atoms with Gasteiger partial charge < -0.3 is 24.4 Å². The minimum Gasteiger partial charge on any atom is -0.495 e. The number of epoxide rings is 1. The lowest BCUT2D eigenvalue weighted by molar-refractivity contribution is -0.118. The van der Waals surface area contributed by atoms with Crippen LogP contribution in [0.5, 0.6) is 5.75 Å². The van der Waals surface area contributed by atoms with E-state index in [-0.39, 0.29) is 30.1 Å². The van der Waals surface area contributed by atoms with Crippen molar-refractivity contribution in [3.05, 3.63) is 46.5 Å². The Kier molecular flexibility index (Phi) is 9.61. The average Bonchev–Trinajstić information content (AvgIpc) is 3.54. The number of nitrogens with one attached hydrogen (secondary N) is 1. The Bertz CT molecular complexity index is 1010. The number of allylic oxidation sites excluding steroid dienone is 3. The lowest BCUT2D eigenvalue weighted by atomic mass is 9.87. The first-order valence-electron chi connectivity index (χ1n) is 12.5. The van der Waals surface area contributed by atoms with E-state index >= 15 is 0 Å². The number of nitrogens with zero attached hydrogens (tertiary/aromatic N) is 1. The Morgan fingerprint density at radius 2 is 2.06 bits per heavy atom. The maximum Gasteiger partial charge on any atom is 0.226 e. The average molecular weight is 519 g/mol. The highest BCUT2D eigenvalue weighted by Gasteiger charge is 2.56. The van der Waals surface area contributed by atoms with Gasteiger partial charge >= 0.3 is 0 Å². The molecule has 8 heteroatoms. The van der Waals surface area contributed by atoms with Crippen LogP contribution in [0.2, 0.25) is 5.02 Å². The molecule has 5 atom stereocenters. The maximum atomic E-state index is 13.2. The van der Waals surface area contributed by atoms with Crippen molar-refractivity contribution >= 4 is 29.6 Å². The van der Waals surface area contributed by atoms with E-state index in [1.54, 1.807) is 26.2 Å². The summed E-state index contributed by atoms with van der Waals surface area (Å²) in [5.41, 5.74) is 2.38. The number of hydrogen-bond acceptors (Lipinski definition) is 5. The van der Waals surface area contributed by atoms with E-state index in [4.69, 9.17) is 25.8 Å².